The van der Waals surface area contributed by atoms with E-state index >= 15 is 0 Å². The van der Waals surface area contributed by atoms with Crippen molar-refractivity contribution in [1.82, 2.24) is 4.98 Å². The van der Waals surface area contributed by atoms with Gasteiger partial charge in [-0.3, -0.25) is 9.59 Å². The van der Waals surface area contributed by atoms with Gasteiger partial charge in [0, 0.05) is 11.2 Å². The van der Waals surface area contributed by atoms with Crippen molar-refractivity contribution in [3.05, 3.63) is 52.1 Å². The van der Waals surface area contributed by atoms with Gasteiger partial charge < -0.3 is 10.6 Å². The molecule has 2 amide bonds. The van der Waals surface area contributed by atoms with Crippen molar-refractivity contribution in [2.45, 2.75) is 6.92 Å². The van der Waals surface area contributed by atoms with Gasteiger partial charge >= 0.3 is 11.8 Å². The molecule has 0 radical (unpaired) electrons. The summed E-state index contributed by atoms with van der Waals surface area (Å²) in [6.45, 7) is 1.85. The minimum Gasteiger partial charge on any atom is -0.316 e. The first-order valence-electron chi connectivity index (χ1n) is 5.96. The molecule has 1 aromatic carbocycles. The number of pyridine rings is 1. The fourth-order valence-electron chi connectivity index (χ4n) is 1.55. The lowest BCUT2D eigenvalue weighted by atomic mass is 10.3. The number of nitrogens with one attached hydrogen (secondary N) is 2. The lowest BCUT2D eigenvalue weighted by Gasteiger charge is -2.08. The average molecular weight is 324 g/mol. The fraction of sp³-hybridized carbons (Fsp3) is 0.0714. The summed E-state index contributed by atoms with van der Waals surface area (Å²) in [5.41, 5.74) is 1.22. The van der Waals surface area contributed by atoms with Crippen LogP contribution >= 0.6 is 23.2 Å². The normalized spacial score (nSPS) is 10.0. The van der Waals surface area contributed by atoms with Crippen molar-refractivity contribution in [2.75, 3.05) is 10.6 Å². The number of aromatic nitrogens is 1. The molecule has 2 aromatic rings. The number of nitrogens with zero attached hydrogens (tertiary/aromatic N) is 1. The van der Waals surface area contributed by atoms with Crippen LogP contribution in [0.2, 0.25) is 10.0 Å². The van der Waals surface area contributed by atoms with Crippen molar-refractivity contribution in [3.63, 3.8) is 0 Å². The Kier molecular flexibility index (Phi) is 4.77. The highest BCUT2D eigenvalue weighted by Gasteiger charge is 2.16. The average Bonchev–Trinajstić information content (AvgIpc) is 2.41. The molecule has 0 spiro atoms. The maximum absolute atomic E-state index is 11.8. The third-order valence-electron chi connectivity index (χ3n) is 2.54. The molecular formula is C14H11Cl2N3O2. The molecular weight excluding hydrogens is 313 g/mol. The Hall–Kier alpha value is -2.11. The van der Waals surface area contributed by atoms with Crippen LogP contribution in [-0.4, -0.2) is 16.8 Å². The van der Waals surface area contributed by atoms with Crippen LogP contribution < -0.4 is 10.6 Å². The number of benzene rings is 1. The SMILES string of the molecule is Cc1ccnc(NC(=O)C(=O)Nc2ccc(Cl)cc2Cl)c1. The topological polar surface area (TPSA) is 71.1 Å². The number of amides is 2. The van der Waals surface area contributed by atoms with E-state index in [1.807, 2.05) is 6.92 Å². The lowest BCUT2D eigenvalue weighted by molar-refractivity contribution is -0.133. The third kappa shape index (κ3) is 4.18. The summed E-state index contributed by atoms with van der Waals surface area (Å²) in [4.78, 5) is 27.5. The third-order valence-corrected chi connectivity index (χ3v) is 3.09. The van der Waals surface area contributed by atoms with E-state index < -0.39 is 11.8 Å². The fourth-order valence-corrected chi connectivity index (χ4v) is 2.00. The van der Waals surface area contributed by atoms with Crippen molar-refractivity contribution < 1.29 is 9.59 Å². The lowest BCUT2D eigenvalue weighted by Crippen LogP contribution is -2.29. The molecule has 0 bridgehead atoms. The number of halogens is 2. The van der Waals surface area contributed by atoms with E-state index in [0.29, 0.717) is 16.5 Å². The zero-order chi connectivity index (χ0) is 15.4. The molecule has 2 N–H and O–H groups in total. The molecule has 1 heterocycles. The van der Waals surface area contributed by atoms with Crippen LogP contribution in [0, 0.1) is 6.92 Å². The molecule has 5 nitrogen and oxygen atoms in total. The number of carbonyl (C=O) groups is 2. The summed E-state index contributed by atoms with van der Waals surface area (Å²) in [5.74, 6) is -1.38. The summed E-state index contributed by atoms with van der Waals surface area (Å²) in [6, 6.07) is 7.98. The van der Waals surface area contributed by atoms with Crippen LogP contribution in [0.4, 0.5) is 11.5 Å². The second-order valence-corrected chi connectivity index (χ2v) is 5.09. The Labute approximate surface area is 131 Å². The number of rotatable bonds is 2. The Balaban J connectivity index is 2.04. The van der Waals surface area contributed by atoms with Gasteiger partial charge in [0.15, 0.2) is 0 Å². The molecule has 0 aliphatic carbocycles. The van der Waals surface area contributed by atoms with Crippen LogP contribution in [0.1, 0.15) is 5.56 Å². The van der Waals surface area contributed by atoms with E-state index in [4.69, 9.17) is 23.2 Å². The molecule has 21 heavy (non-hydrogen) atoms. The van der Waals surface area contributed by atoms with Crippen LogP contribution in [0.25, 0.3) is 0 Å². The van der Waals surface area contributed by atoms with Crippen LogP contribution in [0.5, 0.6) is 0 Å². The molecule has 0 atom stereocenters. The van der Waals surface area contributed by atoms with Gasteiger partial charge in [0.25, 0.3) is 0 Å². The molecule has 0 saturated heterocycles. The van der Waals surface area contributed by atoms with Gasteiger partial charge in [0.2, 0.25) is 0 Å². The summed E-state index contributed by atoms with van der Waals surface area (Å²) in [7, 11) is 0. The number of hydrogen-bond acceptors (Lipinski definition) is 3. The highest BCUT2D eigenvalue weighted by atomic mass is 35.5. The van der Waals surface area contributed by atoms with Gasteiger partial charge in [-0.2, -0.15) is 0 Å². The van der Waals surface area contributed by atoms with Crippen molar-refractivity contribution in [1.29, 1.82) is 0 Å². The van der Waals surface area contributed by atoms with Crippen LogP contribution in [0.3, 0.4) is 0 Å². The monoisotopic (exact) mass is 323 g/mol. The van der Waals surface area contributed by atoms with E-state index in [2.05, 4.69) is 15.6 Å². The number of anilines is 2. The summed E-state index contributed by atoms with van der Waals surface area (Å²) in [6.07, 6.45) is 1.54. The first kappa shape index (κ1) is 15.3. The molecule has 2 rings (SSSR count). The second kappa shape index (κ2) is 6.56. The second-order valence-electron chi connectivity index (χ2n) is 4.25. The van der Waals surface area contributed by atoms with Gasteiger partial charge in [-0.1, -0.05) is 23.2 Å². The van der Waals surface area contributed by atoms with Gasteiger partial charge in [-0.05, 0) is 42.8 Å². The molecule has 0 fully saturated rings. The van der Waals surface area contributed by atoms with E-state index in [9.17, 15) is 9.59 Å². The van der Waals surface area contributed by atoms with Gasteiger partial charge in [0.05, 0.1) is 10.7 Å². The highest BCUT2D eigenvalue weighted by Crippen LogP contribution is 2.25. The minimum absolute atomic E-state index is 0.248. The zero-order valence-electron chi connectivity index (χ0n) is 11.0. The van der Waals surface area contributed by atoms with Gasteiger partial charge in [-0.15, -0.1) is 0 Å². The van der Waals surface area contributed by atoms with E-state index in [1.54, 1.807) is 24.4 Å². The Bertz CT molecular complexity index is 704. The molecule has 108 valence electrons. The molecule has 1 aromatic heterocycles. The first-order valence-corrected chi connectivity index (χ1v) is 6.71. The maximum atomic E-state index is 11.8. The maximum Gasteiger partial charge on any atom is 0.315 e. The minimum atomic E-state index is -0.845. The molecule has 0 aliphatic heterocycles. The number of carbonyl (C=O) groups excluding carboxylic acids is 2. The smallest absolute Gasteiger partial charge is 0.315 e. The quantitative estimate of drug-likeness (QED) is 0.833. The van der Waals surface area contributed by atoms with E-state index in [0.717, 1.165) is 5.56 Å². The van der Waals surface area contributed by atoms with Crippen molar-refractivity contribution >= 4 is 46.5 Å². The van der Waals surface area contributed by atoms with Crippen molar-refractivity contribution in [2.24, 2.45) is 0 Å². The highest BCUT2D eigenvalue weighted by molar-refractivity contribution is 6.45. The summed E-state index contributed by atoms with van der Waals surface area (Å²) < 4.78 is 0. The molecule has 0 unspecified atom stereocenters. The van der Waals surface area contributed by atoms with Gasteiger partial charge in [0.1, 0.15) is 5.82 Å². The predicted octanol–water partition coefficient (Wildman–Crippen LogP) is 3.27. The van der Waals surface area contributed by atoms with Gasteiger partial charge in [-0.25, -0.2) is 4.98 Å². The van der Waals surface area contributed by atoms with Crippen LogP contribution in [-0.2, 0) is 9.59 Å². The summed E-state index contributed by atoms with van der Waals surface area (Å²) >= 11 is 11.7. The van der Waals surface area contributed by atoms with Crippen LogP contribution in [0.15, 0.2) is 36.5 Å². The molecule has 0 saturated carbocycles. The Morgan fingerprint density at radius 2 is 1.76 bits per heavy atom. The van der Waals surface area contributed by atoms with E-state index in [-0.39, 0.29) is 5.02 Å². The Morgan fingerprint density at radius 1 is 1.05 bits per heavy atom. The molecule has 0 aliphatic rings. The number of aryl methyl sites for hydroxylation is 1. The number of hydrogen-bond donors (Lipinski definition) is 2. The largest absolute Gasteiger partial charge is 0.316 e. The Morgan fingerprint density at radius 3 is 2.43 bits per heavy atom. The first-order chi connectivity index (χ1) is 9.95. The zero-order valence-corrected chi connectivity index (χ0v) is 12.5. The van der Waals surface area contributed by atoms with Crippen molar-refractivity contribution in [3.8, 4) is 0 Å². The summed E-state index contributed by atoms with van der Waals surface area (Å²) in [5, 5.41) is 5.49. The molecule has 7 heteroatoms. The standard InChI is InChI=1S/C14H11Cl2N3O2/c1-8-4-5-17-12(6-8)19-14(21)13(20)18-11-3-2-9(15)7-10(11)16/h2-7H,1H3,(H,18,20)(H,17,19,21). The predicted molar refractivity (Wildman–Crippen MR) is 82.7 cm³/mol. The van der Waals surface area contributed by atoms with E-state index in [1.165, 1.54) is 12.1 Å².